The summed E-state index contributed by atoms with van der Waals surface area (Å²) in [6.45, 7) is 14.9. The van der Waals surface area contributed by atoms with E-state index in [-0.39, 0.29) is 23.7 Å². The fraction of sp³-hybridized carbons (Fsp3) is 0.357. The van der Waals surface area contributed by atoms with Crippen LogP contribution in [0.4, 0.5) is 0 Å². The lowest BCUT2D eigenvalue weighted by Gasteiger charge is -1.91. The molecule has 0 radical (unpaired) electrons. The summed E-state index contributed by atoms with van der Waals surface area (Å²) in [7, 11) is 1.33. The highest BCUT2D eigenvalue weighted by Crippen LogP contribution is 1.87. The van der Waals surface area contributed by atoms with Gasteiger partial charge in [0.05, 0.1) is 13.7 Å². The van der Waals surface area contributed by atoms with Gasteiger partial charge in [-0.3, -0.25) is 0 Å². The first-order chi connectivity index (χ1) is 9.13. The predicted octanol–water partition coefficient (Wildman–Crippen LogP) is 2.28. The Kier molecular flexibility index (Phi) is 22.6. The van der Waals surface area contributed by atoms with Gasteiger partial charge in [0, 0.05) is 17.2 Å². The quantitative estimate of drug-likeness (QED) is 0.602. The number of carbonyl (C=O) groups is 3. The number of esters is 2. The molecule has 0 aliphatic rings. The van der Waals surface area contributed by atoms with Crippen molar-refractivity contribution in [1.82, 2.24) is 6.15 Å². The molecule has 0 amide bonds. The van der Waals surface area contributed by atoms with E-state index in [1.807, 2.05) is 0 Å². The van der Waals surface area contributed by atoms with Crippen molar-refractivity contribution >= 4 is 17.9 Å². The monoisotopic (exact) mass is 303 g/mol. The smallest absolute Gasteiger partial charge is 0.332 e. The molecule has 21 heavy (non-hydrogen) atoms. The molecule has 0 saturated carbocycles. The number of carboxylic acids is 1. The second-order valence-electron chi connectivity index (χ2n) is 3.31. The number of carboxylic acid groups (broad SMARTS) is 1. The van der Waals surface area contributed by atoms with Crippen LogP contribution in [-0.2, 0) is 23.9 Å². The minimum atomic E-state index is -0.935. The van der Waals surface area contributed by atoms with Crippen molar-refractivity contribution in [1.29, 1.82) is 0 Å². The Bertz CT molecular complexity index is 360. The Labute approximate surface area is 125 Å². The molecule has 0 aromatic rings. The van der Waals surface area contributed by atoms with Crippen LogP contribution in [0, 0.1) is 0 Å². The Morgan fingerprint density at radius 2 is 1.52 bits per heavy atom. The summed E-state index contributed by atoms with van der Waals surface area (Å²) in [4.78, 5) is 29.9. The molecule has 7 heteroatoms. The molecule has 0 aromatic heterocycles. The molecule has 0 fully saturated rings. The number of hydrogen-bond donors (Lipinski definition) is 2. The highest BCUT2D eigenvalue weighted by Gasteiger charge is 1.95. The second-order valence-corrected chi connectivity index (χ2v) is 3.31. The van der Waals surface area contributed by atoms with Gasteiger partial charge in [-0.2, -0.15) is 0 Å². The Balaban J connectivity index is -0.000000101. The maximum absolute atomic E-state index is 10.2. The van der Waals surface area contributed by atoms with E-state index in [1.165, 1.54) is 14.0 Å². The molecule has 122 valence electrons. The molecule has 0 rings (SSSR count). The molecule has 0 atom stereocenters. The number of rotatable bonds is 4. The maximum Gasteiger partial charge on any atom is 0.332 e. The average molecular weight is 303 g/mol. The minimum absolute atomic E-state index is 0. The molecule has 0 aromatic carbocycles. The van der Waals surface area contributed by atoms with E-state index >= 15 is 0 Å². The van der Waals surface area contributed by atoms with Crippen LogP contribution in [-0.4, -0.2) is 36.7 Å². The van der Waals surface area contributed by atoms with Gasteiger partial charge in [-0.25, -0.2) is 14.4 Å². The number of methoxy groups -OCH3 is 1. The predicted molar refractivity (Wildman–Crippen MR) is 81.1 cm³/mol. The standard InChI is InChI=1S/2C5H8O2.C4H6O2.H3N/c1-4(2)5(6)7-3;1-3-5(6)7-4-2;1-3(2)4(5)6;/h1H2,2-3H3;3H,1,4H2,2H3;1H2,2H3,(H,5,6);1H3. The van der Waals surface area contributed by atoms with Gasteiger partial charge in [-0.15, -0.1) is 0 Å². The Hall–Kier alpha value is -2.41. The first kappa shape index (κ1) is 27.0. The fourth-order valence-electron chi connectivity index (χ4n) is 0.375. The summed E-state index contributed by atoms with van der Waals surface area (Å²) in [5.74, 6) is -1.64. The molecule has 0 saturated heterocycles. The lowest BCUT2D eigenvalue weighted by molar-refractivity contribution is -0.137. The van der Waals surface area contributed by atoms with Gasteiger partial charge in [0.25, 0.3) is 0 Å². The van der Waals surface area contributed by atoms with Gasteiger partial charge in [-0.05, 0) is 20.8 Å². The third kappa shape index (κ3) is 27.0. The molecule has 0 bridgehead atoms. The van der Waals surface area contributed by atoms with Crippen LogP contribution in [0.5, 0.6) is 0 Å². The van der Waals surface area contributed by atoms with E-state index in [9.17, 15) is 14.4 Å². The second kappa shape index (κ2) is 17.6. The van der Waals surface area contributed by atoms with Crippen molar-refractivity contribution in [3.63, 3.8) is 0 Å². The maximum atomic E-state index is 10.2. The summed E-state index contributed by atoms with van der Waals surface area (Å²) in [6.07, 6.45) is 1.14. The SMILES string of the molecule is C=C(C)C(=O)O.C=C(C)C(=O)OC.C=CC(=O)OCC.N. The average Bonchev–Trinajstić information content (AvgIpc) is 2.39. The van der Waals surface area contributed by atoms with E-state index < -0.39 is 5.97 Å². The largest absolute Gasteiger partial charge is 0.478 e. The van der Waals surface area contributed by atoms with Crippen LogP contribution >= 0.6 is 0 Å². The third-order valence-corrected chi connectivity index (χ3v) is 1.35. The van der Waals surface area contributed by atoms with Crippen LogP contribution in [0.25, 0.3) is 0 Å². The molecule has 0 aliphatic heterocycles. The lowest BCUT2D eigenvalue weighted by atomic mass is 10.4. The summed E-state index contributed by atoms with van der Waals surface area (Å²) in [5.41, 5.74) is 0.609. The topological polar surface area (TPSA) is 125 Å². The van der Waals surface area contributed by atoms with Gasteiger partial charge in [-0.1, -0.05) is 19.7 Å². The van der Waals surface area contributed by atoms with Gasteiger partial charge in [0.1, 0.15) is 0 Å². The van der Waals surface area contributed by atoms with Gasteiger partial charge in [0.15, 0.2) is 0 Å². The summed E-state index contributed by atoms with van der Waals surface area (Å²) >= 11 is 0. The number of ether oxygens (including phenoxy) is 2. The molecule has 0 aliphatic carbocycles. The minimum Gasteiger partial charge on any atom is -0.478 e. The number of aliphatic carboxylic acids is 1. The van der Waals surface area contributed by atoms with E-state index in [2.05, 4.69) is 29.2 Å². The summed E-state index contributed by atoms with van der Waals surface area (Å²) < 4.78 is 8.71. The van der Waals surface area contributed by atoms with Crippen molar-refractivity contribution in [3.05, 3.63) is 37.0 Å². The molecular formula is C14H25NO6. The highest BCUT2D eigenvalue weighted by atomic mass is 16.5. The fourth-order valence-corrected chi connectivity index (χ4v) is 0.375. The van der Waals surface area contributed by atoms with E-state index in [0.717, 1.165) is 6.08 Å². The normalized spacial score (nSPS) is 7.24. The number of carbonyl (C=O) groups excluding carboxylic acids is 2. The lowest BCUT2D eigenvalue weighted by Crippen LogP contribution is -1.98. The molecule has 0 unspecified atom stereocenters. The molecule has 4 N–H and O–H groups in total. The van der Waals surface area contributed by atoms with E-state index in [0.29, 0.717) is 12.2 Å². The first-order valence-corrected chi connectivity index (χ1v) is 5.55. The van der Waals surface area contributed by atoms with E-state index in [4.69, 9.17) is 5.11 Å². The summed E-state index contributed by atoms with van der Waals surface area (Å²) in [5, 5.41) is 7.89. The zero-order valence-electron chi connectivity index (χ0n) is 13.1. The van der Waals surface area contributed by atoms with Crippen molar-refractivity contribution in [2.45, 2.75) is 20.8 Å². The molecule has 7 nitrogen and oxygen atoms in total. The van der Waals surface area contributed by atoms with E-state index in [1.54, 1.807) is 13.8 Å². The van der Waals surface area contributed by atoms with Crippen LogP contribution < -0.4 is 6.15 Å². The number of hydrogen-bond acceptors (Lipinski definition) is 6. The van der Waals surface area contributed by atoms with Crippen LogP contribution in [0.15, 0.2) is 37.0 Å². The van der Waals surface area contributed by atoms with Crippen molar-refractivity contribution in [2.24, 2.45) is 0 Å². The Morgan fingerprint density at radius 3 is 1.57 bits per heavy atom. The Morgan fingerprint density at radius 1 is 1.14 bits per heavy atom. The van der Waals surface area contributed by atoms with Crippen LogP contribution in [0.2, 0.25) is 0 Å². The molecule has 0 heterocycles. The summed E-state index contributed by atoms with van der Waals surface area (Å²) in [6, 6.07) is 0. The van der Waals surface area contributed by atoms with Gasteiger partial charge >= 0.3 is 17.9 Å². The molecule has 0 spiro atoms. The highest BCUT2D eigenvalue weighted by molar-refractivity contribution is 5.86. The zero-order chi connectivity index (χ0) is 16.7. The van der Waals surface area contributed by atoms with Crippen molar-refractivity contribution in [3.8, 4) is 0 Å². The van der Waals surface area contributed by atoms with Crippen LogP contribution in [0.3, 0.4) is 0 Å². The zero-order valence-corrected chi connectivity index (χ0v) is 13.1. The van der Waals surface area contributed by atoms with Gasteiger partial charge in [0.2, 0.25) is 0 Å². The third-order valence-electron chi connectivity index (χ3n) is 1.35. The first-order valence-electron chi connectivity index (χ1n) is 5.55. The molecular weight excluding hydrogens is 278 g/mol. The van der Waals surface area contributed by atoms with Crippen LogP contribution in [0.1, 0.15) is 20.8 Å². The van der Waals surface area contributed by atoms with Crippen molar-refractivity contribution in [2.75, 3.05) is 13.7 Å². The van der Waals surface area contributed by atoms with Crippen molar-refractivity contribution < 1.29 is 29.0 Å². The van der Waals surface area contributed by atoms with Gasteiger partial charge < -0.3 is 20.7 Å².